The molecule has 1 fully saturated rings. The molecule has 1 amide bonds. The Hall–Kier alpha value is -3.64. The fourth-order valence-corrected chi connectivity index (χ4v) is 4.14. The first-order chi connectivity index (χ1) is 17.0. The minimum Gasteiger partial charge on any atom is -0.439 e. The highest BCUT2D eigenvalue weighted by atomic mass is 35.5. The Bertz CT molecular complexity index is 1330. The summed E-state index contributed by atoms with van der Waals surface area (Å²) in [5.41, 5.74) is 2.41. The number of ether oxygens (including phenoxy) is 1. The second-order valence-corrected chi connectivity index (χ2v) is 9.22. The molecular formula is C28H25ClFN3O2. The zero-order valence-electron chi connectivity index (χ0n) is 19.3. The molecule has 4 aromatic rings. The van der Waals surface area contributed by atoms with Crippen LogP contribution < -0.4 is 4.74 Å². The molecule has 1 aromatic heterocycles. The van der Waals surface area contributed by atoms with Crippen LogP contribution in [0.1, 0.15) is 34.5 Å². The van der Waals surface area contributed by atoms with E-state index >= 15 is 0 Å². The SMILES string of the molecule is Cc1nn(-c2ccccc2)c(Oc2ccc(Cl)cc2)c1CN(CC1CC1)C(=O)c1ccccc1F. The largest absolute Gasteiger partial charge is 0.439 e. The molecule has 178 valence electrons. The molecule has 0 unspecified atom stereocenters. The Balaban J connectivity index is 1.55. The number of para-hydroxylation sites is 1. The summed E-state index contributed by atoms with van der Waals surface area (Å²) in [4.78, 5) is 15.1. The second kappa shape index (κ2) is 9.92. The van der Waals surface area contributed by atoms with Crippen molar-refractivity contribution in [1.29, 1.82) is 0 Å². The maximum atomic E-state index is 14.5. The van der Waals surface area contributed by atoms with Gasteiger partial charge in [0.2, 0.25) is 5.88 Å². The number of carbonyl (C=O) groups is 1. The van der Waals surface area contributed by atoms with Crippen molar-refractivity contribution < 1.29 is 13.9 Å². The van der Waals surface area contributed by atoms with Crippen LogP contribution in [0, 0.1) is 18.7 Å². The molecule has 0 aliphatic heterocycles. The molecule has 5 rings (SSSR count). The molecule has 0 radical (unpaired) electrons. The number of aromatic nitrogens is 2. The number of hydrogen-bond acceptors (Lipinski definition) is 3. The third-order valence-electron chi connectivity index (χ3n) is 6.08. The number of halogens is 2. The van der Waals surface area contributed by atoms with Gasteiger partial charge >= 0.3 is 0 Å². The molecule has 0 N–H and O–H groups in total. The zero-order valence-corrected chi connectivity index (χ0v) is 20.1. The van der Waals surface area contributed by atoms with E-state index < -0.39 is 5.82 Å². The van der Waals surface area contributed by atoms with E-state index in [2.05, 4.69) is 0 Å². The van der Waals surface area contributed by atoms with E-state index in [0.29, 0.717) is 29.1 Å². The van der Waals surface area contributed by atoms with E-state index in [-0.39, 0.29) is 18.0 Å². The van der Waals surface area contributed by atoms with Crippen LogP contribution in [0.2, 0.25) is 5.02 Å². The molecule has 1 saturated carbocycles. The van der Waals surface area contributed by atoms with Crippen LogP contribution in [-0.4, -0.2) is 27.1 Å². The quantitative estimate of drug-likeness (QED) is 0.273. The first-order valence-electron chi connectivity index (χ1n) is 11.6. The van der Waals surface area contributed by atoms with Crippen molar-refractivity contribution in [2.45, 2.75) is 26.3 Å². The zero-order chi connectivity index (χ0) is 24.4. The maximum absolute atomic E-state index is 14.5. The average molecular weight is 490 g/mol. The van der Waals surface area contributed by atoms with Gasteiger partial charge in [0, 0.05) is 11.6 Å². The van der Waals surface area contributed by atoms with Gasteiger partial charge < -0.3 is 9.64 Å². The second-order valence-electron chi connectivity index (χ2n) is 8.78. The molecule has 1 aliphatic carbocycles. The van der Waals surface area contributed by atoms with Crippen LogP contribution in [0.5, 0.6) is 11.6 Å². The number of aryl methyl sites for hydroxylation is 1. The Labute approximate surface area is 208 Å². The minimum absolute atomic E-state index is 0.0708. The van der Waals surface area contributed by atoms with Gasteiger partial charge in [0.25, 0.3) is 5.91 Å². The fraction of sp³-hybridized carbons (Fsp3) is 0.214. The summed E-state index contributed by atoms with van der Waals surface area (Å²) in [7, 11) is 0. The lowest BCUT2D eigenvalue weighted by Crippen LogP contribution is -2.33. The summed E-state index contributed by atoms with van der Waals surface area (Å²) in [6.07, 6.45) is 2.13. The van der Waals surface area contributed by atoms with Gasteiger partial charge in [0.05, 0.1) is 29.1 Å². The monoisotopic (exact) mass is 489 g/mol. The lowest BCUT2D eigenvalue weighted by molar-refractivity contribution is 0.0729. The summed E-state index contributed by atoms with van der Waals surface area (Å²) in [6, 6.07) is 22.9. The fourth-order valence-electron chi connectivity index (χ4n) is 4.01. The molecule has 0 spiro atoms. The molecular weight excluding hydrogens is 465 g/mol. The molecule has 1 heterocycles. The third-order valence-corrected chi connectivity index (χ3v) is 6.33. The van der Waals surface area contributed by atoms with Crippen molar-refractivity contribution in [2.24, 2.45) is 5.92 Å². The van der Waals surface area contributed by atoms with Gasteiger partial charge in [-0.15, -0.1) is 0 Å². The molecule has 0 saturated heterocycles. The van der Waals surface area contributed by atoms with Crippen molar-refractivity contribution in [3.05, 3.63) is 107 Å². The molecule has 0 atom stereocenters. The van der Waals surface area contributed by atoms with E-state index in [0.717, 1.165) is 29.8 Å². The van der Waals surface area contributed by atoms with Crippen LogP contribution in [0.3, 0.4) is 0 Å². The number of carbonyl (C=O) groups excluding carboxylic acids is 1. The topological polar surface area (TPSA) is 47.4 Å². The standard InChI is InChI=1S/C28H25ClFN3O2/c1-19-25(18-32(17-20-11-12-20)27(34)24-9-5-6-10-26(24)30)28(35-23-15-13-21(29)14-16-23)33(31-19)22-7-3-2-4-8-22/h2-10,13-16,20H,11-12,17-18H2,1H3. The number of benzene rings is 3. The Kier molecular flexibility index (Phi) is 6.55. The predicted octanol–water partition coefficient (Wildman–Crippen LogP) is 6.82. The number of rotatable bonds is 8. The summed E-state index contributed by atoms with van der Waals surface area (Å²) in [5.74, 6) is 0.683. The lowest BCUT2D eigenvalue weighted by Gasteiger charge is -2.23. The number of hydrogen-bond donors (Lipinski definition) is 0. The van der Waals surface area contributed by atoms with Crippen LogP contribution in [0.25, 0.3) is 5.69 Å². The third kappa shape index (κ3) is 5.23. The molecule has 5 nitrogen and oxygen atoms in total. The van der Waals surface area contributed by atoms with Crippen molar-refractivity contribution in [1.82, 2.24) is 14.7 Å². The summed E-state index contributed by atoms with van der Waals surface area (Å²) in [6.45, 7) is 2.71. The van der Waals surface area contributed by atoms with Gasteiger partial charge in [-0.3, -0.25) is 4.79 Å². The van der Waals surface area contributed by atoms with Gasteiger partial charge in [-0.05, 0) is 74.2 Å². The Morgan fingerprint density at radius 3 is 2.43 bits per heavy atom. The molecule has 3 aromatic carbocycles. The summed E-state index contributed by atoms with van der Waals surface area (Å²) in [5, 5.41) is 5.35. The van der Waals surface area contributed by atoms with Gasteiger partial charge in [-0.25, -0.2) is 9.07 Å². The van der Waals surface area contributed by atoms with Crippen LogP contribution in [0.4, 0.5) is 4.39 Å². The number of nitrogens with zero attached hydrogens (tertiary/aromatic N) is 3. The first-order valence-corrected chi connectivity index (χ1v) is 12.0. The molecule has 7 heteroatoms. The predicted molar refractivity (Wildman–Crippen MR) is 134 cm³/mol. The Morgan fingerprint density at radius 2 is 1.74 bits per heavy atom. The van der Waals surface area contributed by atoms with E-state index in [1.165, 1.54) is 12.1 Å². The average Bonchev–Trinajstić information content (AvgIpc) is 3.64. The van der Waals surface area contributed by atoms with Gasteiger partial charge in [-0.1, -0.05) is 41.9 Å². The van der Waals surface area contributed by atoms with E-state index in [4.69, 9.17) is 21.4 Å². The summed E-state index contributed by atoms with van der Waals surface area (Å²) < 4.78 is 22.6. The summed E-state index contributed by atoms with van der Waals surface area (Å²) >= 11 is 6.06. The van der Waals surface area contributed by atoms with Crippen molar-refractivity contribution in [3.63, 3.8) is 0 Å². The van der Waals surface area contributed by atoms with E-state index in [1.54, 1.807) is 46.0 Å². The molecule has 1 aliphatic rings. The van der Waals surface area contributed by atoms with Crippen LogP contribution in [-0.2, 0) is 6.54 Å². The highest BCUT2D eigenvalue weighted by molar-refractivity contribution is 6.30. The van der Waals surface area contributed by atoms with Gasteiger partial charge in [-0.2, -0.15) is 5.10 Å². The van der Waals surface area contributed by atoms with Crippen LogP contribution in [0.15, 0.2) is 78.9 Å². The van der Waals surface area contributed by atoms with Crippen molar-refractivity contribution in [3.8, 4) is 17.3 Å². The normalized spacial score (nSPS) is 13.0. The molecule has 0 bridgehead atoms. The van der Waals surface area contributed by atoms with Crippen molar-refractivity contribution >= 4 is 17.5 Å². The van der Waals surface area contributed by atoms with Crippen molar-refractivity contribution in [2.75, 3.05) is 6.54 Å². The van der Waals surface area contributed by atoms with Crippen LogP contribution >= 0.6 is 11.6 Å². The smallest absolute Gasteiger partial charge is 0.257 e. The van der Waals surface area contributed by atoms with Gasteiger partial charge in [0.1, 0.15) is 11.6 Å². The Morgan fingerprint density at radius 1 is 1.06 bits per heavy atom. The highest BCUT2D eigenvalue weighted by Crippen LogP contribution is 2.35. The number of amides is 1. The van der Waals surface area contributed by atoms with E-state index in [9.17, 15) is 9.18 Å². The minimum atomic E-state index is -0.521. The van der Waals surface area contributed by atoms with Gasteiger partial charge in [0.15, 0.2) is 0 Å². The highest BCUT2D eigenvalue weighted by Gasteiger charge is 2.31. The molecule has 35 heavy (non-hydrogen) atoms. The first kappa shape index (κ1) is 23.1. The maximum Gasteiger partial charge on any atom is 0.257 e. The van der Waals surface area contributed by atoms with E-state index in [1.807, 2.05) is 37.3 Å². The lowest BCUT2D eigenvalue weighted by atomic mass is 10.1.